The quantitative estimate of drug-likeness (QED) is 0.448. The Labute approximate surface area is 133 Å². The van der Waals surface area contributed by atoms with Gasteiger partial charge in [-0.25, -0.2) is 0 Å². The van der Waals surface area contributed by atoms with Crippen LogP contribution in [-0.4, -0.2) is 11.2 Å². The van der Waals surface area contributed by atoms with E-state index >= 15 is 0 Å². The smallest absolute Gasteiger partial charge is 0.156 e. The van der Waals surface area contributed by atoms with Crippen molar-refractivity contribution >= 4 is 17.4 Å². The van der Waals surface area contributed by atoms with Crippen LogP contribution < -0.4 is 0 Å². The summed E-state index contributed by atoms with van der Waals surface area (Å²) in [4.78, 5) is 12.6. The summed E-state index contributed by atoms with van der Waals surface area (Å²) in [6.45, 7) is 4.73. The van der Waals surface area contributed by atoms with E-state index in [1.54, 1.807) is 5.57 Å². The average Bonchev–Trinajstić information content (AvgIpc) is 2.70. The minimum absolute atomic E-state index is 0.121. The lowest BCUT2D eigenvalue weighted by molar-refractivity contribution is -0.131. The number of hydrogen-bond donors (Lipinski definition) is 0. The molecule has 1 unspecified atom stereocenters. The molecule has 0 bridgehead atoms. The largest absolute Gasteiger partial charge is 0.297 e. The van der Waals surface area contributed by atoms with Gasteiger partial charge >= 0.3 is 0 Å². The molecule has 4 aliphatic rings. The van der Waals surface area contributed by atoms with Crippen LogP contribution in [0.4, 0.5) is 0 Å². The summed E-state index contributed by atoms with van der Waals surface area (Å²) in [6, 6.07) is 0. The Kier molecular flexibility index (Phi) is 3.13. The van der Waals surface area contributed by atoms with Crippen molar-refractivity contribution < 1.29 is 4.79 Å². The minimum Gasteiger partial charge on any atom is -0.297 e. The molecule has 3 saturated carbocycles. The molecule has 6 atom stereocenters. The molecule has 3 fully saturated rings. The van der Waals surface area contributed by atoms with Crippen LogP contribution >= 0.6 is 11.6 Å². The molecular weight excluding hydrogens is 280 g/mol. The molecule has 4 aliphatic carbocycles. The second-order valence-corrected chi connectivity index (χ2v) is 9.02. The minimum atomic E-state index is -0.219. The molecule has 0 aromatic heterocycles. The van der Waals surface area contributed by atoms with E-state index in [0.717, 1.165) is 18.8 Å². The van der Waals surface area contributed by atoms with Gasteiger partial charge in [0.25, 0.3) is 0 Å². The number of fused-ring (bicyclic) bond motifs is 5. The van der Waals surface area contributed by atoms with Gasteiger partial charge in [0.15, 0.2) is 5.78 Å². The predicted molar refractivity (Wildman–Crippen MR) is 86.4 cm³/mol. The second-order valence-electron chi connectivity index (χ2n) is 8.49. The molecule has 2 heteroatoms. The molecule has 0 radical (unpaired) electrons. The van der Waals surface area contributed by atoms with Gasteiger partial charge in [0.2, 0.25) is 0 Å². The van der Waals surface area contributed by atoms with E-state index in [9.17, 15) is 4.79 Å². The van der Waals surface area contributed by atoms with Crippen LogP contribution in [0.15, 0.2) is 11.6 Å². The molecule has 0 amide bonds. The molecule has 4 rings (SSSR count). The van der Waals surface area contributed by atoms with Gasteiger partial charge in [-0.05, 0) is 68.1 Å². The average molecular weight is 307 g/mol. The fourth-order valence-electron chi connectivity index (χ4n) is 6.45. The third-order valence-corrected chi connectivity index (χ3v) is 8.09. The zero-order valence-corrected chi connectivity index (χ0v) is 14.1. The number of carbonyl (C=O) groups excluding carboxylic acids is 1. The van der Waals surface area contributed by atoms with E-state index < -0.39 is 0 Å². The normalized spacial score (nSPS) is 52.7. The maximum atomic E-state index is 12.6. The van der Waals surface area contributed by atoms with E-state index in [1.165, 1.54) is 38.5 Å². The van der Waals surface area contributed by atoms with Gasteiger partial charge < -0.3 is 0 Å². The molecular formula is C19H27ClO. The summed E-state index contributed by atoms with van der Waals surface area (Å²) in [5.41, 5.74) is 2.05. The van der Waals surface area contributed by atoms with Crippen LogP contribution in [0, 0.1) is 28.6 Å². The fraction of sp³-hybridized carbons (Fsp3) is 0.842. The monoisotopic (exact) mass is 306 g/mol. The Morgan fingerprint density at radius 1 is 1.14 bits per heavy atom. The van der Waals surface area contributed by atoms with Crippen molar-refractivity contribution in [3.8, 4) is 0 Å². The first-order valence-electron chi connectivity index (χ1n) is 8.85. The summed E-state index contributed by atoms with van der Waals surface area (Å²) >= 11 is 6.37. The highest BCUT2D eigenvalue weighted by atomic mass is 35.5. The van der Waals surface area contributed by atoms with Crippen LogP contribution in [-0.2, 0) is 4.79 Å². The molecule has 0 heterocycles. The Hall–Kier alpha value is -0.300. The molecule has 0 aromatic carbocycles. The molecule has 116 valence electrons. The highest BCUT2D eigenvalue weighted by Crippen LogP contribution is 2.64. The van der Waals surface area contributed by atoms with Crippen molar-refractivity contribution in [2.75, 3.05) is 0 Å². The lowest BCUT2D eigenvalue weighted by atomic mass is 9.48. The summed E-state index contributed by atoms with van der Waals surface area (Å²) in [5, 5.41) is -0.219. The Balaban J connectivity index is 1.71. The van der Waals surface area contributed by atoms with Crippen molar-refractivity contribution in [2.24, 2.45) is 28.6 Å². The maximum absolute atomic E-state index is 12.6. The van der Waals surface area contributed by atoms with Crippen LogP contribution in [0.2, 0.25) is 0 Å². The molecule has 0 spiro atoms. The molecule has 21 heavy (non-hydrogen) atoms. The summed E-state index contributed by atoms with van der Waals surface area (Å²) in [6.07, 6.45) is 12.4. The Morgan fingerprint density at radius 3 is 2.76 bits per heavy atom. The van der Waals surface area contributed by atoms with Crippen LogP contribution in [0.3, 0.4) is 0 Å². The topological polar surface area (TPSA) is 17.1 Å². The molecule has 0 aliphatic heterocycles. The first kappa shape index (κ1) is 14.3. The zero-order valence-electron chi connectivity index (χ0n) is 13.3. The standard InChI is InChI=1S/C19H27ClO/c1-18-9-4-3-5-12(18)6-7-13-14(18)8-10-19(2)15(13)11-16(20)17(19)21/h6,13-16H,3-5,7-11H2,1-2H3/t13-,14+,15+,16?,18+,19+/m1/s1. The van der Waals surface area contributed by atoms with Crippen molar-refractivity contribution in [2.45, 2.75) is 70.6 Å². The van der Waals surface area contributed by atoms with Crippen LogP contribution in [0.25, 0.3) is 0 Å². The van der Waals surface area contributed by atoms with Crippen molar-refractivity contribution in [1.29, 1.82) is 0 Å². The highest BCUT2D eigenvalue weighted by molar-refractivity contribution is 6.32. The summed E-state index contributed by atoms with van der Waals surface area (Å²) in [7, 11) is 0. The number of rotatable bonds is 0. The second kappa shape index (κ2) is 4.60. The SMILES string of the molecule is C[C@]12CCCCC1=CC[C@@H]1[C@@H]2CC[C@]2(C)C(=O)C(Cl)C[C@@H]12. The number of halogens is 1. The van der Waals surface area contributed by atoms with Gasteiger partial charge in [-0.15, -0.1) is 11.6 Å². The highest BCUT2D eigenvalue weighted by Gasteiger charge is 2.60. The van der Waals surface area contributed by atoms with Gasteiger partial charge in [0, 0.05) is 5.41 Å². The molecule has 0 saturated heterocycles. The van der Waals surface area contributed by atoms with Gasteiger partial charge in [-0.1, -0.05) is 31.9 Å². The van der Waals surface area contributed by atoms with Crippen molar-refractivity contribution in [3.63, 3.8) is 0 Å². The molecule has 0 N–H and O–H groups in total. The third-order valence-electron chi connectivity index (χ3n) is 7.72. The molecule has 0 aromatic rings. The lowest BCUT2D eigenvalue weighted by Crippen LogP contribution is -2.49. The fourth-order valence-corrected chi connectivity index (χ4v) is 6.89. The summed E-state index contributed by atoms with van der Waals surface area (Å²) in [5.74, 6) is 2.37. The van der Waals surface area contributed by atoms with E-state index in [0.29, 0.717) is 23.0 Å². The first-order valence-corrected chi connectivity index (χ1v) is 9.28. The lowest BCUT2D eigenvalue weighted by Gasteiger charge is -2.56. The van der Waals surface area contributed by atoms with Gasteiger partial charge in [0.05, 0.1) is 5.38 Å². The van der Waals surface area contributed by atoms with E-state index in [-0.39, 0.29) is 10.8 Å². The van der Waals surface area contributed by atoms with Gasteiger partial charge in [-0.3, -0.25) is 4.79 Å². The predicted octanol–water partition coefficient (Wildman–Crippen LogP) is 5.13. The van der Waals surface area contributed by atoms with E-state index in [4.69, 9.17) is 11.6 Å². The summed E-state index contributed by atoms with van der Waals surface area (Å²) < 4.78 is 0. The number of Topliss-reactive ketones (excluding diaryl/α,β-unsaturated/α-hetero) is 1. The number of carbonyl (C=O) groups is 1. The van der Waals surface area contributed by atoms with E-state index in [1.807, 2.05) is 0 Å². The number of ketones is 1. The zero-order chi connectivity index (χ0) is 14.8. The Morgan fingerprint density at radius 2 is 1.95 bits per heavy atom. The van der Waals surface area contributed by atoms with Crippen molar-refractivity contribution in [3.05, 3.63) is 11.6 Å². The number of allylic oxidation sites excluding steroid dienone is 2. The van der Waals surface area contributed by atoms with Crippen LogP contribution in [0.1, 0.15) is 65.2 Å². The first-order chi connectivity index (χ1) is 9.97. The molecule has 1 nitrogen and oxygen atoms in total. The Bertz CT molecular complexity index is 510. The number of hydrogen-bond acceptors (Lipinski definition) is 1. The maximum Gasteiger partial charge on any atom is 0.156 e. The van der Waals surface area contributed by atoms with Gasteiger partial charge in [-0.2, -0.15) is 0 Å². The van der Waals surface area contributed by atoms with E-state index in [2.05, 4.69) is 19.9 Å². The van der Waals surface area contributed by atoms with Crippen molar-refractivity contribution in [1.82, 2.24) is 0 Å². The third kappa shape index (κ3) is 1.79. The van der Waals surface area contributed by atoms with Crippen LogP contribution in [0.5, 0.6) is 0 Å². The number of alkyl halides is 1. The van der Waals surface area contributed by atoms with Gasteiger partial charge in [0.1, 0.15) is 0 Å².